The van der Waals surface area contributed by atoms with E-state index in [1.807, 2.05) is 0 Å². The molecule has 0 bridgehead atoms. The first-order valence-electron chi connectivity index (χ1n) is 4.39. The molecule has 0 aromatic rings. The second-order valence-corrected chi connectivity index (χ2v) is 4.17. The second-order valence-electron chi connectivity index (χ2n) is 4.17. The van der Waals surface area contributed by atoms with Crippen molar-refractivity contribution in [2.24, 2.45) is 5.41 Å². The number of allylic oxidation sites excluding steroid dienone is 1. The summed E-state index contributed by atoms with van der Waals surface area (Å²) < 4.78 is 0. The maximum atomic E-state index is 11.2. The third kappa shape index (κ3) is 1.13. The summed E-state index contributed by atoms with van der Waals surface area (Å²) in [5, 5.41) is 0. The van der Waals surface area contributed by atoms with E-state index in [9.17, 15) is 4.79 Å². The number of carbonyl (C=O) groups is 1. The Bertz CT molecular complexity index is 193. The van der Waals surface area contributed by atoms with Crippen LogP contribution in [0.25, 0.3) is 0 Å². The molecule has 2 fully saturated rings. The molecule has 60 valence electrons. The number of rotatable bonds is 0. The van der Waals surface area contributed by atoms with Crippen LogP contribution < -0.4 is 0 Å². The lowest BCUT2D eigenvalue weighted by Gasteiger charge is -2.44. The molecular formula is C10H14O. The van der Waals surface area contributed by atoms with Gasteiger partial charge in [-0.2, -0.15) is 0 Å². The zero-order valence-electron chi connectivity index (χ0n) is 6.86. The van der Waals surface area contributed by atoms with Gasteiger partial charge in [-0.25, -0.2) is 0 Å². The van der Waals surface area contributed by atoms with Gasteiger partial charge < -0.3 is 0 Å². The van der Waals surface area contributed by atoms with E-state index in [2.05, 4.69) is 6.58 Å². The summed E-state index contributed by atoms with van der Waals surface area (Å²) >= 11 is 0. The van der Waals surface area contributed by atoms with E-state index in [0.29, 0.717) is 17.6 Å². The summed E-state index contributed by atoms with van der Waals surface area (Å²) in [5.74, 6) is 0.418. The van der Waals surface area contributed by atoms with E-state index in [0.717, 1.165) is 12.8 Å². The van der Waals surface area contributed by atoms with Gasteiger partial charge in [0.25, 0.3) is 0 Å². The molecule has 2 rings (SSSR count). The molecule has 1 heteroatoms. The Balaban J connectivity index is 2.12. The molecule has 0 radical (unpaired) electrons. The van der Waals surface area contributed by atoms with Crippen LogP contribution in [0.4, 0.5) is 0 Å². The molecule has 2 aliphatic carbocycles. The number of ketones is 1. The zero-order valence-corrected chi connectivity index (χ0v) is 6.86. The van der Waals surface area contributed by atoms with Crippen LogP contribution in [0, 0.1) is 5.41 Å². The molecule has 1 spiro atoms. The Labute approximate surface area is 67.5 Å². The summed E-state index contributed by atoms with van der Waals surface area (Å²) in [6.45, 7) is 3.92. The van der Waals surface area contributed by atoms with Crippen LogP contribution in [-0.4, -0.2) is 5.78 Å². The van der Waals surface area contributed by atoms with Crippen LogP contribution in [-0.2, 0) is 4.79 Å². The quantitative estimate of drug-likeness (QED) is 0.485. The van der Waals surface area contributed by atoms with Gasteiger partial charge in [0.15, 0.2) is 0 Å². The summed E-state index contributed by atoms with van der Waals surface area (Å²) in [6.07, 6.45) is 6.46. The van der Waals surface area contributed by atoms with Gasteiger partial charge in [0.1, 0.15) is 5.78 Å². The van der Waals surface area contributed by atoms with Gasteiger partial charge in [-0.1, -0.05) is 18.6 Å². The van der Waals surface area contributed by atoms with Gasteiger partial charge in [0.05, 0.1) is 0 Å². The molecule has 0 atom stereocenters. The van der Waals surface area contributed by atoms with Crippen LogP contribution >= 0.6 is 0 Å². The zero-order chi connectivity index (χ0) is 7.90. The summed E-state index contributed by atoms with van der Waals surface area (Å²) in [4.78, 5) is 11.2. The number of hydrogen-bond acceptors (Lipinski definition) is 1. The smallest absolute Gasteiger partial charge is 0.137 e. The van der Waals surface area contributed by atoms with Crippen molar-refractivity contribution in [3.63, 3.8) is 0 Å². The molecule has 2 saturated carbocycles. The molecule has 0 amide bonds. The van der Waals surface area contributed by atoms with E-state index in [1.165, 1.54) is 24.8 Å². The fourth-order valence-electron chi connectivity index (χ4n) is 2.45. The fourth-order valence-corrected chi connectivity index (χ4v) is 2.45. The molecule has 0 aliphatic heterocycles. The van der Waals surface area contributed by atoms with E-state index < -0.39 is 0 Å². The van der Waals surface area contributed by atoms with Crippen LogP contribution in [0.1, 0.15) is 38.5 Å². The lowest BCUT2D eigenvalue weighted by Crippen LogP contribution is -2.35. The van der Waals surface area contributed by atoms with Gasteiger partial charge in [-0.15, -0.1) is 0 Å². The van der Waals surface area contributed by atoms with Crippen molar-refractivity contribution in [3.05, 3.63) is 12.2 Å². The van der Waals surface area contributed by atoms with Gasteiger partial charge in [0, 0.05) is 12.8 Å². The molecule has 11 heavy (non-hydrogen) atoms. The SMILES string of the molecule is C=C1CC(=O)CC2(CCC2)C1. The van der Waals surface area contributed by atoms with Crippen molar-refractivity contribution in [1.29, 1.82) is 0 Å². The Morgan fingerprint density at radius 1 is 1.27 bits per heavy atom. The molecule has 0 aromatic heterocycles. The minimum absolute atomic E-state index is 0.395. The third-order valence-electron chi connectivity index (χ3n) is 3.06. The van der Waals surface area contributed by atoms with Gasteiger partial charge in [-0.3, -0.25) is 4.79 Å². The lowest BCUT2D eigenvalue weighted by molar-refractivity contribution is -0.123. The normalized spacial score (nSPS) is 28.7. The molecular weight excluding hydrogens is 136 g/mol. The molecule has 0 heterocycles. The highest BCUT2D eigenvalue weighted by Crippen LogP contribution is 2.51. The Kier molecular flexibility index (Phi) is 1.41. The average Bonchev–Trinajstić information content (AvgIpc) is 1.82. The average molecular weight is 150 g/mol. The van der Waals surface area contributed by atoms with Crippen molar-refractivity contribution >= 4 is 5.78 Å². The molecule has 0 saturated heterocycles. The van der Waals surface area contributed by atoms with E-state index in [-0.39, 0.29) is 0 Å². The predicted octanol–water partition coefficient (Wildman–Crippen LogP) is 2.47. The Morgan fingerprint density at radius 3 is 2.45 bits per heavy atom. The van der Waals surface area contributed by atoms with Gasteiger partial charge in [-0.05, 0) is 24.7 Å². The first-order chi connectivity index (χ1) is 5.20. The fraction of sp³-hybridized carbons (Fsp3) is 0.700. The summed E-state index contributed by atoms with van der Waals surface area (Å²) in [5.41, 5.74) is 1.56. The van der Waals surface area contributed by atoms with E-state index >= 15 is 0 Å². The minimum atomic E-state index is 0.395. The third-order valence-corrected chi connectivity index (χ3v) is 3.06. The van der Waals surface area contributed by atoms with Crippen molar-refractivity contribution in [1.82, 2.24) is 0 Å². The van der Waals surface area contributed by atoms with E-state index in [4.69, 9.17) is 0 Å². The van der Waals surface area contributed by atoms with E-state index in [1.54, 1.807) is 0 Å². The van der Waals surface area contributed by atoms with Crippen LogP contribution in [0.2, 0.25) is 0 Å². The van der Waals surface area contributed by atoms with Crippen molar-refractivity contribution in [2.45, 2.75) is 38.5 Å². The standard InChI is InChI=1S/C10H14O/c1-8-5-9(11)7-10(6-8)3-2-4-10/h1-7H2. The lowest BCUT2D eigenvalue weighted by atomic mass is 9.60. The summed E-state index contributed by atoms with van der Waals surface area (Å²) in [6, 6.07) is 0. The summed E-state index contributed by atoms with van der Waals surface area (Å²) in [7, 11) is 0. The highest BCUT2D eigenvalue weighted by Gasteiger charge is 2.41. The first-order valence-corrected chi connectivity index (χ1v) is 4.39. The van der Waals surface area contributed by atoms with Crippen LogP contribution in [0.5, 0.6) is 0 Å². The minimum Gasteiger partial charge on any atom is -0.299 e. The second kappa shape index (κ2) is 2.20. The Morgan fingerprint density at radius 2 is 2.00 bits per heavy atom. The highest BCUT2D eigenvalue weighted by atomic mass is 16.1. The monoisotopic (exact) mass is 150 g/mol. The number of hydrogen-bond donors (Lipinski definition) is 0. The molecule has 1 nitrogen and oxygen atoms in total. The predicted molar refractivity (Wildman–Crippen MR) is 44.3 cm³/mol. The highest BCUT2D eigenvalue weighted by molar-refractivity contribution is 5.82. The number of Topliss-reactive ketones (excluding diaryl/α,β-unsaturated/α-hetero) is 1. The van der Waals surface area contributed by atoms with Crippen LogP contribution in [0.3, 0.4) is 0 Å². The van der Waals surface area contributed by atoms with Gasteiger partial charge in [0.2, 0.25) is 0 Å². The largest absolute Gasteiger partial charge is 0.299 e. The molecule has 0 unspecified atom stereocenters. The topological polar surface area (TPSA) is 17.1 Å². The van der Waals surface area contributed by atoms with Crippen LogP contribution in [0.15, 0.2) is 12.2 Å². The maximum absolute atomic E-state index is 11.2. The first kappa shape index (κ1) is 7.08. The van der Waals surface area contributed by atoms with Crippen molar-refractivity contribution in [2.75, 3.05) is 0 Å². The molecule has 0 aromatic carbocycles. The number of carbonyl (C=O) groups excluding carboxylic acids is 1. The maximum Gasteiger partial charge on any atom is 0.137 e. The van der Waals surface area contributed by atoms with Crippen molar-refractivity contribution < 1.29 is 4.79 Å². The Hall–Kier alpha value is -0.590. The molecule has 0 N–H and O–H groups in total. The van der Waals surface area contributed by atoms with Gasteiger partial charge >= 0.3 is 0 Å². The van der Waals surface area contributed by atoms with Crippen molar-refractivity contribution in [3.8, 4) is 0 Å². The molecule has 2 aliphatic rings.